The Morgan fingerprint density at radius 3 is 2.86 bits per heavy atom. The maximum Gasteiger partial charge on any atom is 0.229 e. The first-order valence-corrected chi connectivity index (χ1v) is 8.83. The second-order valence-electron chi connectivity index (χ2n) is 5.32. The summed E-state index contributed by atoms with van der Waals surface area (Å²) in [4.78, 5) is 16.8. The number of rotatable bonds is 8. The van der Waals surface area contributed by atoms with Crippen molar-refractivity contribution in [3.8, 4) is 5.75 Å². The van der Waals surface area contributed by atoms with Gasteiger partial charge >= 0.3 is 0 Å². The molecule has 120 valence electrons. The highest BCUT2D eigenvalue weighted by molar-refractivity contribution is 7.22. The lowest BCUT2D eigenvalue weighted by Crippen LogP contribution is -2.22. The van der Waals surface area contributed by atoms with Gasteiger partial charge in [0.25, 0.3) is 0 Å². The van der Waals surface area contributed by atoms with E-state index in [1.54, 1.807) is 0 Å². The van der Waals surface area contributed by atoms with E-state index in [1.165, 1.54) is 11.3 Å². The normalized spacial score (nSPS) is 12.3. The predicted molar refractivity (Wildman–Crippen MR) is 92.7 cm³/mol. The fraction of sp³-hybridized carbons (Fsp3) is 0.529. The molecule has 1 heterocycles. The first-order chi connectivity index (χ1) is 10.7. The number of anilines is 1. The van der Waals surface area contributed by atoms with E-state index in [-0.39, 0.29) is 11.8 Å². The lowest BCUT2D eigenvalue weighted by Gasteiger charge is -2.12. The van der Waals surface area contributed by atoms with E-state index in [2.05, 4.69) is 24.1 Å². The summed E-state index contributed by atoms with van der Waals surface area (Å²) in [7, 11) is 0. The highest BCUT2D eigenvalue weighted by Crippen LogP contribution is 2.30. The van der Waals surface area contributed by atoms with E-state index >= 15 is 0 Å². The van der Waals surface area contributed by atoms with E-state index in [4.69, 9.17) is 4.74 Å². The summed E-state index contributed by atoms with van der Waals surface area (Å²) in [6.45, 7) is 6.81. The number of ether oxygens (including phenoxy) is 1. The number of benzene rings is 1. The zero-order valence-corrected chi connectivity index (χ0v) is 14.3. The number of hydrogen-bond donors (Lipinski definition) is 1. The van der Waals surface area contributed by atoms with Crippen molar-refractivity contribution in [3.05, 3.63) is 18.2 Å². The molecule has 1 atom stereocenters. The molecule has 0 aliphatic heterocycles. The number of thiazole rings is 1. The Labute approximate surface area is 135 Å². The van der Waals surface area contributed by atoms with Crippen LogP contribution in [-0.2, 0) is 4.79 Å². The van der Waals surface area contributed by atoms with Crippen LogP contribution in [0.4, 0.5) is 5.13 Å². The molecule has 2 aromatic rings. The molecule has 0 aliphatic carbocycles. The molecule has 0 spiro atoms. The Hall–Kier alpha value is -1.62. The molecule has 1 aromatic heterocycles. The highest BCUT2D eigenvalue weighted by Gasteiger charge is 2.17. The van der Waals surface area contributed by atoms with Gasteiger partial charge in [0.2, 0.25) is 5.91 Å². The van der Waals surface area contributed by atoms with Gasteiger partial charge < -0.3 is 10.1 Å². The smallest absolute Gasteiger partial charge is 0.229 e. The quantitative estimate of drug-likeness (QED) is 0.756. The van der Waals surface area contributed by atoms with Gasteiger partial charge in [0.1, 0.15) is 5.75 Å². The summed E-state index contributed by atoms with van der Waals surface area (Å²) >= 11 is 1.49. The van der Waals surface area contributed by atoms with Gasteiger partial charge in [0.05, 0.1) is 16.8 Å². The number of hydrogen-bond acceptors (Lipinski definition) is 4. The molecular formula is C17H24N2O2S. The number of nitrogens with one attached hydrogen (secondary N) is 1. The van der Waals surface area contributed by atoms with Crippen LogP contribution in [0.1, 0.15) is 46.5 Å². The van der Waals surface area contributed by atoms with Crippen LogP contribution in [-0.4, -0.2) is 17.5 Å². The minimum Gasteiger partial charge on any atom is -0.494 e. The van der Waals surface area contributed by atoms with Gasteiger partial charge in [-0.2, -0.15) is 0 Å². The molecule has 1 amide bonds. The summed E-state index contributed by atoms with van der Waals surface area (Å²) < 4.78 is 6.53. The molecule has 4 nitrogen and oxygen atoms in total. The van der Waals surface area contributed by atoms with Crippen molar-refractivity contribution in [2.24, 2.45) is 5.92 Å². The molecule has 1 aromatic carbocycles. The Bertz CT molecular complexity index is 624. The monoisotopic (exact) mass is 320 g/mol. The van der Waals surface area contributed by atoms with E-state index in [1.807, 2.05) is 25.1 Å². The third-order valence-electron chi connectivity index (χ3n) is 3.67. The van der Waals surface area contributed by atoms with Gasteiger partial charge in [-0.3, -0.25) is 4.79 Å². The maximum atomic E-state index is 12.3. The third kappa shape index (κ3) is 4.19. The standard InChI is InChI=1S/C17H24N2O2S/c1-4-7-8-12(5-2)16(20)19-17-18-14-10-9-13(21-6-3)11-15(14)22-17/h9-12H,4-8H2,1-3H3,(H,18,19,20). The third-order valence-corrected chi connectivity index (χ3v) is 4.60. The van der Waals surface area contributed by atoms with E-state index in [9.17, 15) is 4.79 Å². The van der Waals surface area contributed by atoms with Crippen molar-refractivity contribution < 1.29 is 9.53 Å². The van der Waals surface area contributed by atoms with Gasteiger partial charge in [-0.05, 0) is 38.0 Å². The average Bonchev–Trinajstić information content (AvgIpc) is 2.89. The molecule has 1 N–H and O–H groups in total. The van der Waals surface area contributed by atoms with Crippen molar-refractivity contribution in [1.82, 2.24) is 4.98 Å². The SMILES string of the molecule is CCCCC(CC)C(=O)Nc1nc2ccc(OCC)cc2s1. The summed E-state index contributed by atoms with van der Waals surface area (Å²) in [6, 6.07) is 5.81. The number of amides is 1. The van der Waals surface area contributed by atoms with Crippen LogP contribution in [0.15, 0.2) is 18.2 Å². The molecule has 0 fully saturated rings. The Morgan fingerprint density at radius 2 is 2.18 bits per heavy atom. The minimum absolute atomic E-state index is 0.0750. The largest absolute Gasteiger partial charge is 0.494 e. The molecule has 22 heavy (non-hydrogen) atoms. The van der Waals surface area contributed by atoms with Gasteiger partial charge in [-0.25, -0.2) is 4.98 Å². The summed E-state index contributed by atoms with van der Waals surface area (Å²) in [5.41, 5.74) is 0.894. The molecule has 2 rings (SSSR count). The zero-order valence-electron chi connectivity index (χ0n) is 13.5. The van der Waals surface area contributed by atoms with Crippen LogP contribution in [0.25, 0.3) is 10.2 Å². The lowest BCUT2D eigenvalue weighted by atomic mass is 9.99. The van der Waals surface area contributed by atoms with Gasteiger partial charge in [0.15, 0.2) is 5.13 Å². The Balaban J connectivity index is 2.08. The molecule has 0 bridgehead atoms. The van der Waals surface area contributed by atoms with Crippen molar-refractivity contribution >= 4 is 32.6 Å². The second-order valence-corrected chi connectivity index (χ2v) is 6.35. The molecule has 5 heteroatoms. The molecule has 0 saturated heterocycles. The number of unbranched alkanes of at least 4 members (excludes halogenated alkanes) is 1. The maximum absolute atomic E-state index is 12.3. The molecule has 1 unspecified atom stereocenters. The zero-order chi connectivity index (χ0) is 15.9. The Morgan fingerprint density at radius 1 is 1.36 bits per heavy atom. The van der Waals surface area contributed by atoms with Gasteiger partial charge in [-0.1, -0.05) is 38.0 Å². The van der Waals surface area contributed by atoms with Crippen LogP contribution < -0.4 is 10.1 Å². The number of fused-ring (bicyclic) bond motifs is 1. The molecule has 0 aliphatic rings. The molecular weight excluding hydrogens is 296 g/mol. The first kappa shape index (κ1) is 16.7. The van der Waals surface area contributed by atoms with Crippen molar-refractivity contribution in [1.29, 1.82) is 0 Å². The van der Waals surface area contributed by atoms with Crippen LogP contribution >= 0.6 is 11.3 Å². The summed E-state index contributed by atoms with van der Waals surface area (Å²) in [5, 5.41) is 3.64. The number of carbonyl (C=O) groups is 1. The summed E-state index contributed by atoms with van der Waals surface area (Å²) in [6.07, 6.45) is 4.01. The summed E-state index contributed by atoms with van der Waals surface area (Å²) in [5.74, 6) is 0.997. The van der Waals surface area contributed by atoms with Crippen LogP contribution in [0.5, 0.6) is 5.75 Å². The fourth-order valence-electron chi connectivity index (χ4n) is 2.39. The van der Waals surface area contributed by atoms with Gasteiger partial charge in [0, 0.05) is 5.92 Å². The topological polar surface area (TPSA) is 51.2 Å². The van der Waals surface area contributed by atoms with E-state index < -0.39 is 0 Å². The molecule has 0 radical (unpaired) electrons. The van der Waals surface area contributed by atoms with Crippen LogP contribution in [0.2, 0.25) is 0 Å². The fourth-order valence-corrected chi connectivity index (χ4v) is 3.29. The predicted octanol–water partition coefficient (Wildman–Crippen LogP) is 4.85. The second kappa shape index (κ2) is 8.13. The lowest BCUT2D eigenvalue weighted by molar-refractivity contribution is -0.120. The molecule has 0 saturated carbocycles. The highest BCUT2D eigenvalue weighted by atomic mass is 32.1. The number of carbonyl (C=O) groups excluding carboxylic acids is 1. The van der Waals surface area contributed by atoms with E-state index in [0.717, 1.165) is 41.6 Å². The van der Waals surface area contributed by atoms with Crippen molar-refractivity contribution in [3.63, 3.8) is 0 Å². The number of nitrogens with zero attached hydrogens (tertiary/aromatic N) is 1. The van der Waals surface area contributed by atoms with Crippen LogP contribution in [0.3, 0.4) is 0 Å². The van der Waals surface area contributed by atoms with Crippen molar-refractivity contribution in [2.45, 2.75) is 46.5 Å². The average molecular weight is 320 g/mol. The first-order valence-electron chi connectivity index (χ1n) is 8.02. The van der Waals surface area contributed by atoms with Crippen LogP contribution in [0, 0.1) is 5.92 Å². The Kier molecular flexibility index (Phi) is 6.19. The van der Waals surface area contributed by atoms with Crippen molar-refractivity contribution in [2.75, 3.05) is 11.9 Å². The minimum atomic E-state index is 0.0750. The number of aromatic nitrogens is 1. The van der Waals surface area contributed by atoms with E-state index in [0.29, 0.717) is 11.7 Å². The van der Waals surface area contributed by atoms with Gasteiger partial charge in [-0.15, -0.1) is 0 Å².